The zero-order chi connectivity index (χ0) is 17.1. The normalized spacial score (nSPS) is 20.4. The fourth-order valence-electron chi connectivity index (χ4n) is 3.11. The van der Waals surface area contributed by atoms with Crippen molar-refractivity contribution >= 4 is 23.4 Å². The van der Waals surface area contributed by atoms with Gasteiger partial charge in [0.1, 0.15) is 0 Å². The van der Waals surface area contributed by atoms with Gasteiger partial charge in [0.2, 0.25) is 11.8 Å². The van der Waals surface area contributed by atoms with E-state index >= 15 is 0 Å². The standard InChI is InChI=1S/C17H19ClN4O2/c1-21-15(23)10-14(16(21)12-3-2-4-13(18)9-12)17(24)20-6-8-22-7-5-19-11-22/h2-5,7,9,11,14,16H,6,8,10H2,1H3,(H,20,24)/t14-,16-/m1/s1. The number of benzene rings is 1. The second kappa shape index (κ2) is 7.05. The molecule has 1 aromatic heterocycles. The van der Waals surface area contributed by atoms with Gasteiger partial charge >= 0.3 is 0 Å². The number of hydrogen-bond donors (Lipinski definition) is 1. The van der Waals surface area contributed by atoms with Crippen LogP contribution in [0.1, 0.15) is 18.0 Å². The van der Waals surface area contributed by atoms with Crippen LogP contribution in [0, 0.1) is 5.92 Å². The molecule has 2 amide bonds. The zero-order valence-electron chi connectivity index (χ0n) is 13.4. The maximum Gasteiger partial charge on any atom is 0.226 e. The van der Waals surface area contributed by atoms with E-state index in [-0.39, 0.29) is 24.3 Å². The number of imidazole rings is 1. The summed E-state index contributed by atoms with van der Waals surface area (Å²) in [6, 6.07) is 7.04. The molecular weight excluding hydrogens is 328 g/mol. The highest BCUT2D eigenvalue weighted by molar-refractivity contribution is 6.30. The molecule has 1 aliphatic heterocycles. The maximum atomic E-state index is 12.6. The van der Waals surface area contributed by atoms with Gasteiger partial charge in [-0.2, -0.15) is 0 Å². The van der Waals surface area contributed by atoms with E-state index in [0.29, 0.717) is 18.1 Å². The van der Waals surface area contributed by atoms with Crippen LogP contribution in [0.25, 0.3) is 0 Å². The Hall–Kier alpha value is -2.34. The van der Waals surface area contributed by atoms with Crippen molar-refractivity contribution in [1.29, 1.82) is 0 Å². The minimum atomic E-state index is -0.413. The van der Waals surface area contributed by atoms with Crippen LogP contribution in [0.5, 0.6) is 0 Å². The second-order valence-electron chi connectivity index (χ2n) is 5.91. The van der Waals surface area contributed by atoms with E-state index in [4.69, 9.17) is 11.6 Å². The first kappa shape index (κ1) is 16.5. The molecule has 3 rings (SSSR count). The first-order chi connectivity index (χ1) is 11.6. The second-order valence-corrected chi connectivity index (χ2v) is 6.34. The number of amides is 2. The molecule has 1 aromatic carbocycles. The van der Waals surface area contributed by atoms with E-state index in [1.807, 2.05) is 29.0 Å². The third-order valence-corrected chi connectivity index (χ3v) is 4.58. The van der Waals surface area contributed by atoms with E-state index in [1.165, 1.54) is 0 Å². The Morgan fingerprint density at radius 2 is 2.29 bits per heavy atom. The Balaban J connectivity index is 1.70. The first-order valence-corrected chi connectivity index (χ1v) is 8.18. The molecule has 0 spiro atoms. The third-order valence-electron chi connectivity index (χ3n) is 4.34. The van der Waals surface area contributed by atoms with E-state index in [1.54, 1.807) is 30.5 Å². The van der Waals surface area contributed by atoms with Crippen molar-refractivity contribution in [2.24, 2.45) is 5.92 Å². The highest BCUT2D eigenvalue weighted by atomic mass is 35.5. The first-order valence-electron chi connectivity index (χ1n) is 7.81. The summed E-state index contributed by atoms with van der Waals surface area (Å²) in [5.41, 5.74) is 0.880. The van der Waals surface area contributed by atoms with Gasteiger partial charge in [0.05, 0.1) is 18.3 Å². The molecule has 0 unspecified atom stereocenters. The van der Waals surface area contributed by atoms with Crippen molar-refractivity contribution in [3.63, 3.8) is 0 Å². The summed E-state index contributed by atoms with van der Waals surface area (Å²) in [5, 5.41) is 3.52. The molecular formula is C17H19ClN4O2. The van der Waals surface area contributed by atoms with E-state index in [2.05, 4.69) is 10.3 Å². The van der Waals surface area contributed by atoms with Crippen LogP contribution in [0.3, 0.4) is 0 Å². The highest BCUT2D eigenvalue weighted by Crippen LogP contribution is 2.37. The minimum Gasteiger partial charge on any atom is -0.354 e. The Morgan fingerprint density at radius 3 is 3.00 bits per heavy atom. The number of hydrogen-bond acceptors (Lipinski definition) is 3. The Kier molecular flexibility index (Phi) is 4.85. The number of likely N-dealkylation sites (tertiary alicyclic amines) is 1. The molecule has 2 heterocycles. The van der Waals surface area contributed by atoms with Crippen molar-refractivity contribution in [2.75, 3.05) is 13.6 Å². The number of carbonyl (C=O) groups is 2. The van der Waals surface area contributed by atoms with Crippen molar-refractivity contribution in [1.82, 2.24) is 19.8 Å². The molecule has 1 fully saturated rings. The van der Waals surface area contributed by atoms with Crippen molar-refractivity contribution in [2.45, 2.75) is 19.0 Å². The fraction of sp³-hybridized carbons (Fsp3) is 0.353. The van der Waals surface area contributed by atoms with E-state index < -0.39 is 5.92 Å². The summed E-state index contributed by atoms with van der Waals surface area (Å²) < 4.78 is 1.89. The lowest BCUT2D eigenvalue weighted by atomic mass is 9.93. The Bertz CT molecular complexity index is 732. The molecule has 0 saturated carbocycles. The monoisotopic (exact) mass is 346 g/mol. The average Bonchev–Trinajstić information content (AvgIpc) is 3.16. The molecule has 0 bridgehead atoms. The molecule has 126 valence electrons. The van der Waals surface area contributed by atoms with Gasteiger partial charge < -0.3 is 14.8 Å². The van der Waals surface area contributed by atoms with Gasteiger partial charge in [-0.25, -0.2) is 4.98 Å². The third kappa shape index (κ3) is 3.43. The molecule has 6 nitrogen and oxygen atoms in total. The molecule has 0 aliphatic carbocycles. The summed E-state index contributed by atoms with van der Waals surface area (Å²) in [6.45, 7) is 1.13. The Labute approximate surface area is 145 Å². The van der Waals surface area contributed by atoms with Gasteiger partial charge in [0.15, 0.2) is 0 Å². The number of carbonyl (C=O) groups excluding carboxylic acids is 2. The van der Waals surface area contributed by atoms with Gasteiger partial charge in [-0.05, 0) is 17.7 Å². The Morgan fingerprint density at radius 1 is 1.46 bits per heavy atom. The van der Waals surface area contributed by atoms with Crippen LogP contribution in [0.2, 0.25) is 5.02 Å². The predicted molar refractivity (Wildman–Crippen MR) is 90.3 cm³/mol. The number of halogens is 1. The zero-order valence-corrected chi connectivity index (χ0v) is 14.1. The summed E-state index contributed by atoms with van der Waals surface area (Å²) in [6.07, 6.45) is 5.45. The summed E-state index contributed by atoms with van der Waals surface area (Å²) in [4.78, 5) is 30.3. The number of rotatable bonds is 5. The van der Waals surface area contributed by atoms with E-state index in [9.17, 15) is 9.59 Å². The van der Waals surface area contributed by atoms with Crippen molar-refractivity contribution in [3.05, 3.63) is 53.6 Å². The summed E-state index contributed by atoms with van der Waals surface area (Å²) in [7, 11) is 1.73. The molecule has 2 aromatic rings. The molecule has 2 atom stereocenters. The van der Waals surface area contributed by atoms with Crippen LogP contribution < -0.4 is 5.32 Å². The lowest BCUT2D eigenvalue weighted by molar-refractivity contribution is -0.128. The molecule has 24 heavy (non-hydrogen) atoms. The highest BCUT2D eigenvalue weighted by Gasteiger charge is 2.42. The molecule has 1 saturated heterocycles. The largest absolute Gasteiger partial charge is 0.354 e. The van der Waals surface area contributed by atoms with Crippen molar-refractivity contribution < 1.29 is 9.59 Å². The van der Waals surface area contributed by atoms with Crippen LogP contribution in [0.15, 0.2) is 43.0 Å². The van der Waals surface area contributed by atoms with Crippen molar-refractivity contribution in [3.8, 4) is 0 Å². The quantitative estimate of drug-likeness (QED) is 0.898. The number of nitrogens with zero attached hydrogens (tertiary/aromatic N) is 3. The maximum absolute atomic E-state index is 12.6. The summed E-state index contributed by atoms with van der Waals surface area (Å²) in [5.74, 6) is -0.559. The van der Waals surface area contributed by atoms with Gasteiger partial charge in [-0.15, -0.1) is 0 Å². The van der Waals surface area contributed by atoms with Gasteiger partial charge in [-0.1, -0.05) is 23.7 Å². The fourth-order valence-corrected chi connectivity index (χ4v) is 3.31. The SMILES string of the molecule is CN1C(=O)C[C@@H](C(=O)NCCn2ccnc2)[C@H]1c1cccc(Cl)c1. The van der Waals surface area contributed by atoms with Gasteiger partial charge in [0, 0.05) is 44.0 Å². The van der Waals surface area contributed by atoms with E-state index in [0.717, 1.165) is 5.56 Å². The van der Waals surface area contributed by atoms with Crippen LogP contribution in [-0.2, 0) is 16.1 Å². The predicted octanol–water partition coefficient (Wildman–Crippen LogP) is 1.87. The smallest absolute Gasteiger partial charge is 0.226 e. The van der Waals surface area contributed by atoms with Gasteiger partial charge in [0.25, 0.3) is 0 Å². The summed E-state index contributed by atoms with van der Waals surface area (Å²) >= 11 is 6.06. The minimum absolute atomic E-state index is 0.0327. The average molecular weight is 347 g/mol. The molecule has 1 N–H and O–H groups in total. The number of aromatic nitrogens is 2. The molecule has 7 heteroatoms. The molecule has 1 aliphatic rings. The molecule has 0 radical (unpaired) electrons. The topological polar surface area (TPSA) is 67.2 Å². The lowest BCUT2D eigenvalue weighted by Gasteiger charge is -2.25. The lowest BCUT2D eigenvalue weighted by Crippen LogP contribution is -2.36. The van der Waals surface area contributed by atoms with Crippen LogP contribution >= 0.6 is 11.6 Å². The number of nitrogens with one attached hydrogen (secondary N) is 1. The van der Waals surface area contributed by atoms with Crippen LogP contribution in [-0.4, -0.2) is 39.9 Å². The van der Waals surface area contributed by atoms with Crippen LogP contribution in [0.4, 0.5) is 0 Å². The van der Waals surface area contributed by atoms with Gasteiger partial charge in [-0.3, -0.25) is 9.59 Å².